The minimum atomic E-state index is -4.50. The van der Waals surface area contributed by atoms with Crippen LogP contribution in [0.1, 0.15) is 16.1 Å². The van der Waals surface area contributed by atoms with Gasteiger partial charge >= 0.3 is 6.18 Å². The first-order chi connectivity index (χ1) is 11.2. The van der Waals surface area contributed by atoms with Crippen LogP contribution in [0.15, 0.2) is 36.5 Å². The van der Waals surface area contributed by atoms with Crippen molar-refractivity contribution < 1.29 is 27.9 Å². The Hall–Kier alpha value is -3.10. The van der Waals surface area contributed by atoms with Gasteiger partial charge in [0.05, 0.1) is 12.1 Å². The third-order valence-corrected chi connectivity index (χ3v) is 3.03. The highest BCUT2D eigenvalue weighted by atomic mass is 19.4. The quantitative estimate of drug-likeness (QED) is 0.788. The highest BCUT2D eigenvalue weighted by Gasteiger charge is 2.30. The molecule has 24 heavy (non-hydrogen) atoms. The van der Waals surface area contributed by atoms with Crippen LogP contribution in [0.3, 0.4) is 0 Å². The SMILES string of the molecule is NC(=O)CNC(=O)c1ncc(-c2cccc(C(F)(F)F)c2)cc1O. The molecular formula is C15H12F3N3O3. The number of hydrogen-bond acceptors (Lipinski definition) is 4. The monoisotopic (exact) mass is 339 g/mol. The summed E-state index contributed by atoms with van der Waals surface area (Å²) in [6, 6.07) is 5.58. The number of hydrogen-bond donors (Lipinski definition) is 3. The van der Waals surface area contributed by atoms with Gasteiger partial charge in [-0.15, -0.1) is 0 Å². The fourth-order valence-electron chi connectivity index (χ4n) is 1.91. The predicted molar refractivity (Wildman–Crippen MR) is 77.9 cm³/mol. The molecule has 0 aliphatic carbocycles. The summed E-state index contributed by atoms with van der Waals surface area (Å²) < 4.78 is 38.2. The first kappa shape index (κ1) is 17.3. The molecule has 0 saturated carbocycles. The van der Waals surface area contributed by atoms with Crippen LogP contribution in [0.2, 0.25) is 0 Å². The topological polar surface area (TPSA) is 105 Å². The molecule has 0 radical (unpaired) electrons. The molecule has 0 fully saturated rings. The lowest BCUT2D eigenvalue weighted by Crippen LogP contribution is -2.33. The summed E-state index contributed by atoms with van der Waals surface area (Å²) in [4.78, 5) is 26.0. The zero-order valence-electron chi connectivity index (χ0n) is 12.1. The Bertz CT molecular complexity index is 791. The maximum Gasteiger partial charge on any atom is 0.416 e. The number of pyridine rings is 1. The molecule has 2 rings (SSSR count). The fraction of sp³-hybridized carbons (Fsp3) is 0.133. The summed E-state index contributed by atoms with van der Waals surface area (Å²) in [7, 11) is 0. The van der Waals surface area contributed by atoms with Crippen LogP contribution in [0.4, 0.5) is 13.2 Å². The van der Waals surface area contributed by atoms with Gasteiger partial charge in [0.2, 0.25) is 5.91 Å². The van der Waals surface area contributed by atoms with Crippen LogP contribution < -0.4 is 11.1 Å². The van der Waals surface area contributed by atoms with Crippen LogP contribution in [-0.4, -0.2) is 28.4 Å². The minimum Gasteiger partial charge on any atom is -0.505 e. The van der Waals surface area contributed by atoms with E-state index in [0.717, 1.165) is 24.4 Å². The molecule has 0 saturated heterocycles. The van der Waals surface area contributed by atoms with E-state index in [9.17, 15) is 27.9 Å². The molecule has 1 aromatic carbocycles. The van der Waals surface area contributed by atoms with Crippen molar-refractivity contribution in [1.82, 2.24) is 10.3 Å². The molecule has 6 nitrogen and oxygen atoms in total. The van der Waals surface area contributed by atoms with E-state index < -0.39 is 35.8 Å². The van der Waals surface area contributed by atoms with Crippen molar-refractivity contribution in [2.24, 2.45) is 5.73 Å². The fourth-order valence-corrected chi connectivity index (χ4v) is 1.91. The number of carbonyl (C=O) groups excluding carboxylic acids is 2. The number of nitrogens with zero attached hydrogens (tertiary/aromatic N) is 1. The van der Waals surface area contributed by atoms with Crippen molar-refractivity contribution in [2.45, 2.75) is 6.18 Å². The number of halogens is 3. The third kappa shape index (κ3) is 4.00. The number of aromatic nitrogens is 1. The standard InChI is InChI=1S/C15H12F3N3O3/c16-15(17,18)10-3-1-2-8(4-10)9-5-11(22)13(20-6-9)14(24)21-7-12(19)23/h1-6,22H,7H2,(H2,19,23)(H,21,24). The number of alkyl halides is 3. The first-order valence-electron chi connectivity index (χ1n) is 6.61. The summed E-state index contributed by atoms with van der Waals surface area (Å²) in [6.07, 6.45) is -3.35. The van der Waals surface area contributed by atoms with Crippen molar-refractivity contribution in [1.29, 1.82) is 0 Å². The number of amides is 2. The van der Waals surface area contributed by atoms with Crippen molar-refractivity contribution in [2.75, 3.05) is 6.54 Å². The Morgan fingerprint density at radius 2 is 1.92 bits per heavy atom. The summed E-state index contributed by atoms with van der Waals surface area (Å²) in [6.45, 7) is -0.435. The van der Waals surface area contributed by atoms with E-state index in [4.69, 9.17) is 5.73 Å². The van der Waals surface area contributed by atoms with Gasteiger partial charge in [0.1, 0.15) is 5.75 Å². The predicted octanol–water partition coefficient (Wildman–Crippen LogP) is 1.69. The Morgan fingerprint density at radius 1 is 1.21 bits per heavy atom. The van der Waals surface area contributed by atoms with Gasteiger partial charge in [0, 0.05) is 11.8 Å². The lowest BCUT2D eigenvalue weighted by atomic mass is 10.0. The molecule has 0 aliphatic rings. The number of benzene rings is 1. The number of rotatable bonds is 4. The largest absolute Gasteiger partial charge is 0.505 e. The molecule has 1 heterocycles. The van der Waals surface area contributed by atoms with E-state index >= 15 is 0 Å². The van der Waals surface area contributed by atoms with Gasteiger partial charge < -0.3 is 16.2 Å². The molecule has 2 amide bonds. The number of primary amides is 1. The average molecular weight is 339 g/mol. The molecule has 0 aliphatic heterocycles. The van der Waals surface area contributed by atoms with Gasteiger partial charge in [0.25, 0.3) is 5.91 Å². The highest BCUT2D eigenvalue weighted by Crippen LogP contribution is 2.33. The van der Waals surface area contributed by atoms with E-state index in [1.54, 1.807) is 0 Å². The van der Waals surface area contributed by atoms with E-state index in [2.05, 4.69) is 10.3 Å². The molecule has 0 bridgehead atoms. The zero-order chi connectivity index (χ0) is 17.9. The van der Waals surface area contributed by atoms with Crippen LogP contribution in [0.5, 0.6) is 5.75 Å². The Labute approximate surface area is 134 Å². The van der Waals surface area contributed by atoms with Crippen LogP contribution in [0, 0.1) is 0 Å². The molecule has 1 aromatic heterocycles. The zero-order valence-corrected chi connectivity index (χ0v) is 12.1. The number of nitrogens with two attached hydrogens (primary N) is 1. The van der Waals surface area contributed by atoms with Gasteiger partial charge in [-0.1, -0.05) is 12.1 Å². The van der Waals surface area contributed by atoms with Crippen LogP contribution in [-0.2, 0) is 11.0 Å². The molecule has 126 valence electrons. The second-order valence-electron chi connectivity index (χ2n) is 4.82. The molecule has 0 unspecified atom stereocenters. The second-order valence-corrected chi connectivity index (χ2v) is 4.82. The van der Waals surface area contributed by atoms with Crippen LogP contribution >= 0.6 is 0 Å². The lowest BCUT2D eigenvalue weighted by Gasteiger charge is -2.10. The second kappa shape index (κ2) is 6.57. The number of carbonyl (C=O) groups is 2. The average Bonchev–Trinajstić information content (AvgIpc) is 2.51. The van der Waals surface area contributed by atoms with E-state index in [-0.39, 0.29) is 16.8 Å². The van der Waals surface area contributed by atoms with Crippen molar-refractivity contribution in [3.63, 3.8) is 0 Å². The first-order valence-corrected chi connectivity index (χ1v) is 6.61. The molecular weight excluding hydrogens is 327 g/mol. The van der Waals surface area contributed by atoms with E-state index in [1.165, 1.54) is 12.1 Å². The summed E-state index contributed by atoms with van der Waals surface area (Å²) in [5, 5.41) is 12.0. The maximum absolute atomic E-state index is 12.7. The third-order valence-electron chi connectivity index (χ3n) is 3.03. The van der Waals surface area contributed by atoms with E-state index in [1.807, 2.05) is 0 Å². The van der Waals surface area contributed by atoms with E-state index in [0.29, 0.717) is 0 Å². The normalized spacial score (nSPS) is 11.1. The molecule has 9 heteroatoms. The Balaban J connectivity index is 2.30. The van der Waals surface area contributed by atoms with Gasteiger partial charge in [-0.05, 0) is 23.8 Å². The lowest BCUT2D eigenvalue weighted by molar-refractivity contribution is -0.137. The maximum atomic E-state index is 12.7. The van der Waals surface area contributed by atoms with Crippen molar-refractivity contribution in [3.05, 3.63) is 47.8 Å². The molecule has 4 N–H and O–H groups in total. The van der Waals surface area contributed by atoms with Crippen molar-refractivity contribution in [3.8, 4) is 16.9 Å². The smallest absolute Gasteiger partial charge is 0.416 e. The van der Waals surface area contributed by atoms with Gasteiger partial charge in [-0.2, -0.15) is 13.2 Å². The van der Waals surface area contributed by atoms with Crippen molar-refractivity contribution >= 4 is 11.8 Å². The molecule has 0 spiro atoms. The Morgan fingerprint density at radius 3 is 2.50 bits per heavy atom. The van der Waals surface area contributed by atoms with Gasteiger partial charge in [0.15, 0.2) is 5.69 Å². The molecule has 2 aromatic rings. The van der Waals surface area contributed by atoms with Crippen LogP contribution in [0.25, 0.3) is 11.1 Å². The van der Waals surface area contributed by atoms with Gasteiger partial charge in [-0.25, -0.2) is 4.98 Å². The molecule has 0 atom stereocenters. The number of nitrogens with one attached hydrogen (secondary N) is 1. The summed E-state index contributed by atoms with van der Waals surface area (Å²) >= 11 is 0. The summed E-state index contributed by atoms with van der Waals surface area (Å²) in [5.41, 5.74) is 4.04. The minimum absolute atomic E-state index is 0.178. The Kier molecular flexibility index (Phi) is 4.72. The highest BCUT2D eigenvalue weighted by molar-refractivity contribution is 5.97. The number of aromatic hydroxyl groups is 1. The summed E-state index contributed by atoms with van der Waals surface area (Å²) in [5.74, 6) is -2.14. The van der Waals surface area contributed by atoms with Gasteiger partial charge in [-0.3, -0.25) is 9.59 Å².